The van der Waals surface area contributed by atoms with Crippen LogP contribution in [0.4, 0.5) is 0 Å². The average molecular weight is 330 g/mol. The van der Waals surface area contributed by atoms with E-state index in [1.54, 1.807) is 0 Å². The van der Waals surface area contributed by atoms with Gasteiger partial charge < -0.3 is 71.2 Å². The van der Waals surface area contributed by atoms with Crippen LogP contribution in [0.15, 0.2) is 0 Å². The van der Waals surface area contributed by atoms with Gasteiger partial charge in [-0.3, -0.25) is 0 Å². The van der Waals surface area contributed by atoms with Gasteiger partial charge in [-0.2, -0.15) is 0 Å². The Hall–Kier alpha value is 2.10. The van der Waals surface area contributed by atoms with Crippen molar-refractivity contribution in [3.8, 4) is 0 Å². The Kier molecular flexibility index (Phi) is 18.6. The molecule has 0 aromatic rings. The smallest absolute Gasteiger partial charge is 0.412 e. The second-order valence-electron chi connectivity index (χ2n) is 2.74. The molecule has 0 spiro atoms. The summed E-state index contributed by atoms with van der Waals surface area (Å²) in [5.74, 6) is 0. The molecule has 1 aliphatic heterocycles. The van der Waals surface area contributed by atoms with Gasteiger partial charge >= 0.3 is 59.1 Å². The van der Waals surface area contributed by atoms with Gasteiger partial charge in [0, 0.05) is 19.6 Å². The van der Waals surface area contributed by atoms with Gasteiger partial charge in [-0.05, 0) is 4.32 Å². The second kappa shape index (κ2) is 13.1. The van der Waals surface area contributed by atoms with Crippen molar-refractivity contribution in [1.29, 1.82) is 0 Å². The molecule has 1 unspecified atom stereocenters. The van der Waals surface area contributed by atoms with E-state index in [0.29, 0.717) is 8.64 Å². The largest absolute Gasteiger partial charge is 1.00 e. The second-order valence-corrected chi connectivity index (χ2v) is 4.89. The van der Waals surface area contributed by atoms with E-state index in [1.807, 2.05) is 5.01 Å². The number of nitrogens with zero attached hydrogens (tertiary/aromatic N) is 1. The van der Waals surface area contributed by atoms with Gasteiger partial charge in [-0.15, -0.1) is 0 Å². The van der Waals surface area contributed by atoms with Crippen LogP contribution >= 0.6 is 24.4 Å². The van der Waals surface area contributed by atoms with Crippen molar-refractivity contribution < 1.29 is 64.6 Å². The molecule has 1 rings (SSSR count). The Balaban J connectivity index is -0.000000653. The number of nitrogens with one attached hydrogen (secondary N) is 3. The van der Waals surface area contributed by atoms with E-state index >= 15 is 0 Å². The fourth-order valence-corrected chi connectivity index (χ4v) is 1.73. The molecule has 5 nitrogen and oxygen atoms in total. The van der Waals surface area contributed by atoms with Gasteiger partial charge in [0.25, 0.3) is 0 Å². The van der Waals surface area contributed by atoms with E-state index in [-0.39, 0.29) is 70.8 Å². The molecule has 5 N–H and O–H groups in total. The molecule has 0 aliphatic carbocycles. The zero-order valence-corrected chi connectivity index (χ0v) is 17.0. The molecule has 0 aromatic heterocycles. The van der Waals surface area contributed by atoms with Crippen LogP contribution in [0.25, 0.3) is 0 Å². The Morgan fingerprint density at radius 2 is 1.82 bits per heavy atom. The molecule has 11 heteroatoms. The Morgan fingerprint density at radius 3 is 2.29 bits per heavy atom. The third kappa shape index (κ3) is 10.5. The maximum absolute atomic E-state index is 4.81. The molecule has 1 atom stereocenters. The summed E-state index contributed by atoms with van der Waals surface area (Å²) >= 11 is 19.2. The van der Waals surface area contributed by atoms with Crippen molar-refractivity contribution in [3.63, 3.8) is 0 Å². The molecule has 88 valence electrons. The minimum absolute atomic E-state index is 0. The topological polar surface area (TPSA) is 70.8 Å². The Labute approximate surface area is 167 Å². The van der Waals surface area contributed by atoms with Crippen LogP contribution in [0.1, 0.15) is 0 Å². The monoisotopic (exact) mass is 330 g/mol. The minimum Gasteiger partial charge on any atom is -0.412 e. The van der Waals surface area contributed by atoms with Gasteiger partial charge in [-0.25, -0.2) is 5.01 Å². The number of hydrazine groups is 1. The molecule has 1 aliphatic rings. The van der Waals surface area contributed by atoms with Crippen LogP contribution < -0.4 is 75.2 Å². The molecule has 17 heavy (non-hydrogen) atoms. The molecule has 1 saturated heterocycles. The van der Waals surface area contributed by atoms with Crippen molar-refractivity contribution >= 4 is 58.3 Å². The normalized spacial score (nSPS) is 18.7. The number of piperazine rings is 1. The van der Waals surface area contributed by atoms with Crippen LogP contribution in [0.3, 0.4) is 0 Å². The maximum atomic E-state index is 4.81. The van der Waals surface area contributed by atoms with E-state index < -0.39 is 0 Å². The molecule has 0 radical (unpaired) electrons. The number of hydrogen-bond acceptors (Lipinski definition) is 6. The van der Waals surface area contributed by atoms with Crippen LogP contribution in [0.2, 0.25) is 0 Å². The average Bonchev–Trinajstić information content (AvgIpc) is 2.06. The molecule has 0 bridgehead atoms. The molecular formula is C6H12N4Na2OS4. The van der Waals surface area contributed by atoms with E-state index in [4.69, 9.17) is 49.7 Å². The molecule has 1 heterocycles. The summed E-state index contributed by atoms with van der Waals surface area (Å²) in [7, 11) is 0. The molecule has 0 aromatic carbocycles. The quantitative estimate of drug-likeness (QED) is 0.262. The van der Waals surface area contributed by atoms with Crippen molar-refractivity contribution in [3.05, 3.63) is 0 Å². The first kappa shape index (κ1) is 24.1. The number of rotatable bonds is 2. The van der Waals surface area contributed by atoms with Gasteiger partial charge in [0.05, 0.1) is 0 Å². The molecule has 0 amide bonds. The Bertz CT molecular complexity index is 224. The van der Waals surface area contributed by atoms with Gasteiger partial charge in [0.1, 0.15) is 6.17 Å². The minimum atomic E-state index is 0. The van der Waals surface area contributed by atoms with Crippen molar-refractivity contribution in [2.45, 2.75) is 6.17 Å². The van der Waals surface area contributed by atoms with E-state index in [2.05, 4.69) is 16.1 Å². The first-order valence-corrected chi connectivity index (χ1v) is 5.65. The zero-order valence-electron chi connectivity index (χ0n) is 9.78. The number of hydrogen-bond donors (Lipinski definition) is 3. The van der Waals surface area contributed by atoms with E-state index in [9.17, 15) is 0 Å². The summed E-state index contributed by atoms with van der Waals surface area (Å²) in [6.45, 7) is 2.43. The van der Waals surface area contributed by atoms with E-state index in [0.717, 1.165) is 19.6 Å². The third-order valence-electron chi connectivity index (χ3n) is 1.76. The first-order chi connectivity index (χ1) is 6.59. The Morgan fingerprint density at radius 1 is 1.24 bits per heavy atom. The predicted molar refractivity (Wildman–Crippen MR) is 73.2 cm³/mol. The maximum Gasteiger partial charge on any atom is 1.00 e. The summed E-state index contributed by atoms with van der Waals surface area (Å²) in [4.78, 5) is 0. The first-order valence-electron chi connectivity index (χ1n) is 4.02. The molecule has 1 fully saturated rings. The third-order valence-corrected chi connectivity index (χ3v) is 2.18. The van der Waals surface area contributed by atoms with Crippen LogP contribution in [-0.4, -0.2) is 44.9 Å². The van der Waals surface area contributed by atoms with Crippen LogP contribution in [0.5, 0.6) is 0 Å². The summed E-state index contributed by atoms with van der Waals surface area (Å²) < 4.78 is 0.676. The van der Waals surface area contributed by atoms with Crippen LogP contribution in [0, 0.1) is 0 Å². The van der Waals surface area contributed by atoms with Crippen LogP contribution in [-0.2, 0) is 25.3 Å². The molecular weight excluding hydrogens is 318 g/mol. The molecule has 0 saturated carbocycles. The summed E-state index contributed by atoms with van der Waals surface area (Å²) in [5.41, 5.74) is 2.91. The summed E-state index contributed by atoms with van der Waals surface area (Å²) in [5, 5.41) is 8.10. The van der Waals surface area contributed by atoms with Gasteiger partial charge in [-0.1, -0.05) is 4.32 Å². The fraction of sp³-hybridized carbons (Fsp3) is 0.667. The van der Waals surface area contributed by atoms with E-state index in [1.165, 1.54) is 0 Å². The fourth-order valence-electron chi connectivity index (χ4n) is 1.22. The van der Waals surface area contributed by atoms with Gasteiger partial charge in [0.15, 0.2) is 0 Å². The zero-order chi connectivity index (χ0) is 10.6. The predicted octanol–water partition coefficient (Wildman–Crippen LogP) is -7.84. The van der Waals surface area contributed by atoms with Crippen molar-refractivity contribution in [2.75, 3.05) is 19.6 Å². The number of thiocarbonyl (C=S) groups is 2. The van der Waals surface area contributed by atoms with Crippen molar-refractivity contribution in [2.24, 2.45) is 0 Å². The van der Waals surface area contributed by atoms with Gasteiger partial charge in [0.2, 0.25) is 0 Å². The van der Waals surface area contributed by atoms with Crippen molar-refractivity contribution in [1.82, 2.24) is 21.1 Å². The summed E-state index contributed by atoms with van der Waals surface area (Å²) in [6.07, 6.45) is 0.00894. The standard InChI is InChI=1S/C6H12N4S4.2Na.H2O/c11-5(12)8-4-3-7-1-2-10(4)9-6(13)14;;;/h4,7H,1-3H2,(H2,8,11,12)(H2,9,13,14);;;1H2/q;2*+1;/p-2. The summed E-state index contributed by atoms with van der Waals surface area (Å²) in [6, 6.07) is 0. The SMILES string of the molecule is O.S=C([S-])NC1CNCCN1NC(=S)[S-].[Na+].[Na+].